The second-order valence-corrected chi connectivity index (χ2v) is 4.53. The van der Waals surface area contributed by atoms with E-state index in [1.807, 2.05) is 0 Å². The molecular formula is C13H18F3N3O. The van der Waals surface area contributed by atoms with Crippen LogP contribution in [-0.2, 0) is 0 Å². The molecule has 0 radical (unpaired) electrons. The molecule has 0 saturated carbocycles. The van der Waals surface area contributed by atoms with E-state index in [0.717, 1.165) is 0 Å². The lowest BCUT2D eigenvalue weighted by Crippen LogP contribution is -2.27. The maximum absolute atomic E-state index is 12.3. The van der Waals surface area contributed by atoms with Crippen molar-refractivity contribution in [2.75, 3.05) is 17.6 Å². The highest BCUT2D eigenvalue weighted by Gasteiger charge is 2.30. The van der Waals surface area contributed by atoms with E-state index in [4.69, 9.17) is 5.73 Å². The van der Waals surface area contributed by atoms with Crippen LogP contribution in [0.5, 0.6) is 0 Å². The van der Waals surface area contributed by atoms with Crippen LogP contribution in [-0.4, -0.2) is 24.7 Å². The lowest BCUT2D eigenvalue weighted by Gasteiger charge is -2.19. The van der Waals surface area contributed by atoms with Gasteiger partial charge in [-0.1, -0.05) is 0 Å². The van der Waals surface area contributed by atoms with Crippen molar-refractivity contribution in [1.82, 2.24) is 5.32 Å². The van der Waals surface area contributed by atoms with Gasteiger partial charge in [0.1, 0.15) is 0 Å². The van der Waals surface area contributed by atoms with E-state index >= 15 is 0 Å². The fraction of sp³-hybridized carbons (Fsp3) is 0.462. The normalized spacial score (nSPS) is 12.8. The number of benzene rings is 1. The van der Waals surface area contributed by atoms with Crippen LogP contribution in [0.2, 0.25) is 0 Å². The average molecular weight is 289 g/mol. The predicted molar refractivity (Wildman–Crippen MR) is 72.6 cm³/mol. The van der Waals surface area contributed by atoms with Gasteiger partial charge < -0.3 is 16.4 Å². The number of rotatable bonds is 5. The van der Waals surface area contributed by atoms with E-state index in [1.165, 1.54) is 25.1 Å². The highest BCUT2D eigenvalue weighted by Crippen LogP contribution is 2.25. The Morgan fingerprint density at radius 3 is 2.60 bits per heavy atom. The zero-order valence-electron chi connectivity index (χ0n) is 11.3. The molecule has 0 spiro atoms. The first-order valence-electron chi connectivity index (χ1n) is 6.24. The predicted octanol–water partition coefficient (Wildman–Crippen LogP) is 2.77. The largest absolute Gasteiger partial charge is 0.399 e. The van der Waals surface area contributed by atoms with Gasteiger partial charge in [0.25, 0.3) is 5.91 Å². The molecule has 0 aliphatic heterocycles. The second kappa shape index (κ2) is 6.49. The molecule has 4 N–H and O–H groups in total. The molecular weight excluding hydrogens is 271 g/mol. The molecule has 1 aromatic rings. The van der Waals surface area contributed by atoms with E-state index < -0.39 is 18.6 Å². The monoisotopic (exact) mass is 289 g/mol. The summed E-state index contributed by atoms with van der Waals surface area (Å²) in [4.78, 5) is 11.8. The molecule has 0 heterocycles. The van der Waals surface area contributed by atoms with Crippen LogP contribution in [0.25, 0.3) is 0 Å². The Balaban J connectivity index is 2.92. The zero-order valence-corrected chi connectivity index (χ0v) is 11.3. The minimum Gasteiger partial charge on any atom is -0.399 e. The molecule has 0 bridgehead atoms. The number of halogens is 3. The van der Waals surface area contributed by atoms with Crippen LogP contribution in [0, 0.1) is 0 Å². The van der Waals surface area contributed by atoms with Crippen LogP contribution in [0.3, 0.4) is 0 Å². The summed E-state index contributed by atoms with van der Waals surface area (Å²) < 4.78 is 37.0. The van der Waals surface area contributed by atoms with Gasteiger partial charge >= 0.3 is 6.18 Å². The maximum Gasteiger partial charge on any atom is 0.391 e. The third-order valence-corrected chi connectivity index (χ3v) is 2.57. The molecule has 7 heteroatoms. The Bertz CT molecular complexity index is 474. The Morgan fingerprint density at radius 1 is 1.40 bits per heavy atom. The van der Waals surface area contributed by atoms with E-state index in [0.29, 0.717) is 17.9 Å². The fourth-order valence-corrected chi connectivity index (χ4v) is 1.80. The number of anilines is 2. The maximum atomic E-state index is 12.3. The molecule has 4 nitrogen and oxygen atoms in total. The van der Waals surface area contributed by atoms with Crippen LogP contribution in [0.1, 0.15) is 30.6 Å². The van der Waals surface area contributed by atoms with Crippen molar-refractivity contribution in [3.63, 3.8) is 0 Å². The molecule has 112 valence electrons. The fourth-order valence-electron chi connectivity index (χ4n) is 1.80. The summed E-state index contributed by atoms with van der Waals surface area (Å²) in [7, 11) is 0. The Kier molecular flexibility index (Phi) is 5.24. The molecule has 0 aliphatic carbocycles. The van der Waals surface area contributed by atoms with E-state index in [1.54, 1.807) is 6.92 Å². The van der Waals surface area contributed by atoms with Crippen LogP contribution >= 0.6 is 0 Å². The molecule has 1 rings (SSSR count). The minimum absolute atomic E-state index is 0.273. The average Bonchev–Trinajstić information content (AvgIpc) is 2.26. The number of nitrogen functional groups attached to an aromatic ring is 1. The highest BCUT2D eigenvalue weighted by molar-refractivity contribution is 6.00. The number of carbonyl (C=O) groups excluding carboxylic acids is 1. The molecule has 1 amide bonds. The van der Waals surface area contributed by atoms with Crippen molar-refractivity contribution >= 4 is 17.3 Å². The third kappa shape index (κ3) is 4.99. The van der Waals surface area contributed by atoms with Gasteiger partial charge in [0.2, 0.25) is 0 Å². The summed E-state index contributed by atoms with van der Waals surface area (Å²) >= 11 is 0. The van der Waals surface area contributed by atoms with Crippen molar-refractivity contribution < 1.29 is 18.0 Å². The third-order valence-electron chi connectivity index (χ3n) is 2.57. The summed E-state index contributed by atoms with van der Waals surface area (Å²) in [5.41, 5.74) is 6.56. The van der Waals surface area contributed by atoms with Gasteiger partial charge in [-0.25, -0.2) is 0 Å². The smallest absolute Gasteiger partial charge is 0.391 e. The number of hydrogen-bond acceptors (Lipinski definition) is 3. The molecule has 0 saturated heterocycles. The number of amides is 1. The molecule has 0 aliphatic rings. The Labute approximate surface area is 115 Å². The van der Waals surface area contributed by atoms with Gasteiger partial charge in [0, 0.05) is 24.0 Å². The molecule has 1 atom stereocenters. The van der Waals surface area contributed by atoms with Crippen LogP contribution < -0.4 is 16.4 Å². The number of carbonyl (C=O) groups is 1. The first-order chi connectivity index (χ1) is 9.23. The van der Waals surface area contributed by atoms with Crippen molar-refractivity contribution in [3.8, 4) is 0 Å². The zero-order chi connectivity index (χ0) is 15.3. The van der Waals surface area contributed by atoms with Gasteiger partial charge in [0.05, 0.1) is 12.0 Å². The van der Waals surface area contributed by atoms with Crippen molar-refractivity contribution in [2.24, 2.45) is 0 Å². The van der Waals surface area contributed by atoms with Gasteiger partial charge in [0.15, 0.2) is 0 Å². The Morgan fingerprint density at radius 2 is 2.05 bits per heavy atom. The number of nitrogens with one attached hydrogen (secondary N) is 2. The number of hydrogen-bond donors (Lipinski definition) is 3. The van der Waals surface area contributed by atoms with E-state index in [-0.39, 0.29) is 11.5 Å². The molecule has 1 unspecified atom stereocenters. The summed E-state index contributed by atoms with van der Waals surface area (Å²) in [5, 5.41) is 5.29. The van der Waals surface area contributed by atoms with E-state index in [2.05, 4.69) is 10.6 Å². The molecule has 1 aromatic carbocycles. The standard InChI is InChI=1S/C13H18F3N3O/c1-3-18-12(20)10-5-4-9(17)6-11(10)19-8(2)7-13(14,15)16/h4-6,8,19H,3,7,17H2,1-2H3,(H,18,20). The summed E-state index contributed by atoms with van der Waals surface area (Å²) in [6.45, 7) is 3.59. The first-order valence-corrected chi connectivity index (χ1v) is 6.24. The summed E-state index contributed by atoms with van der Waals surface area (Å²) in [6.07, 6.45) is -5.25. The van der Waals surface area contributed by atoms with Gasteiger partial charge in [-0.05, 0) is 32.0 Å². The number of alkyl halides is 3. The van der Waals surface area contributed by atoms with Crippen molar-refractivity contribution in [3.05, 3.63) is 23.8 Å². The second-order valence-electron chi connectivity index (χ2n) is 4.53. The number of nitrogens with two attached hydrogens (primary N) is 1. The van der Waals surface area contributed by atoms with Crippen molar-refractivity contribution in [1.29, 1.82) is 0 Å². The summed E-state index contributed by atoms with van der Waals surface area (Å²) in [6, 6.07) is 3.62. The molecule has 0 aromatic heterocycles. The molecule has 20 heavy (non-hydrogen) atoms. The lowest BCUT2D eigenvalue weighted by molar-refractivity contribution is -0.136. The summed E-state index contributed by atoms with van der Waals surface area (Å²) in [5.74, 6) is -0.353. The van der Waals surface area contributed by atoms with Gasteiger partial charge in [-0.3, -0.25) is 4.79 Å². The van der Waals surface area contributed by atoms with E-state index in [9.17, 15) is 18.0 Å². The van der Waals surface area contributed by atoms with Crippen LogP contribution in [0.4, 0.5) is 24.5 Å². The SMILES string of the molecule is CCNC(=O)c1ccc(N)cc1NC(C)CC(F)(F)F. The minimum atomic E-state index is -4.27. The topological polar surface area (TPSA) is 67.2 Å². The quantitative estimate of drug-likeness (QED) is 0.730. The van der Waals surface area contributed by atoms with Crippen LogP contribution in [0.15, 0.2) is 18.2 Å². The Hall–Kier alpha value is -1.92. The highest BCUT2D eigenvalue weighted by atomic mass is 19.4. The molecule has 0 fully saturated rings. The lowest BCUT2D eigenvalue weighted by atomic mass is 10.1. The van der Waals surface area contributed by atoms with Gasteiger partial charge in [-0.15, -0.1) is 0 Å². The first kappa shape index (κ1) is 16.1. The van der Waals surface area contributed by atoms with Gasteiger partial charge in [-0.2, -0.15) is 13.2 Å². The van der Waals surface area contributed by atoms with Crippen molar-refractivity contribution in [2.45, 2.75) is 32.5 Å².